The van der Waals surface area contributed by atoms with Crippen LogP contribution in [0.2, 0.25) is 0 Å². The van der Waals surface area contributed by atoms with Gasteiger partial charge in [0, 0.05) is 6.04 Å². The van der Waals surface area contributed by atoms with Crippen molar-refractivity contribution in [2.75, 3.05) is 13.1 Å². The SMILES string of the molecule is Cc1ccc(OC(C)C(=O)NC2CCNCC2)cc1. The van der Waals surface area contributed by atoms with Crippen molar-refractivity contribution < 1.29 is 9.53 Å². The van der Waals surface area contributed by atoms with Crippen molar-refractivity contribution in [3.63, 3.8) is 0 Å². The molecule has 0 aliphatic carbocycles. The maximum atomic E-state index is 12.0. The van der Waals surface area contributed by atoms with E-state index in [1.165, 1.54) is 5.56 Å². The number of hydrogen-bond donors (Lipinski definition) is 2. The normalized spacial score (nSPS) is 17.8. The summed E-state index contributed by atoms with van der Waals surface area (Å²) in [5.74, 6) is 0.700. The Balaban J connectivity index is 1.83. The Morgan fingerprint density at radius 3 is 2.58 bits per heavy atom. The van der Waals surface area contributed by atoms with Gasteiger partial charge < -0.3 is 15.4 Å². The first-order valence-corrected chi connectivity index (χ1v) is 6.89. The van der Waals surface area contributed by atoms with Crippen LogP contribution in [-0.2, 0) is 4.79 Å². The molecule has 1 heterocycles. The largest absolute Gasteiger partial charge is 0.481 e. The minimum atomic E-state index is -0.461. The summed E-state index contributed by atoms with van der Waals surface area (Å²) in [5.41, 5.74) is 1.18. The van der Waals surface area contributed by atoms with Crippen molar-refractivity contribution in [1.82, 2.24) is 10.6 Å². The Morgan fingerprint density at radius 1 is 1.32 bits per heavy atom. The summed E-state index contributed by atoms with van der Waals surface area (Å²) in [4.78, 5) is 12.0. The molecule has 1 aromatic rings. The molecule has 104 valence electrons. The summed E-state index contributed by atoms with van der Waals surface area (Å²) in [6, 6.07) is 8.02. The molecule has 1 saturated heterocycles. The van der Waals surface area contributed by atoms with E-state index in [1.807, 2.05) is 31.2 Å². The van der Waals surface area contributed by atoms with Gasteiger partial charge in [-0.3, -0.25) is 4.79 Å². The Labute approximate surface area is 114 Å². The lowest BCUT2D eigenvalue weighted by molar-refractivity contribution is -0.128. The van der Waals surface area contributed by atoms with Gasteiger partial charge in [0.25, 0.3) is 5.91 Å². The molecule has 2 rings (SSSR count). The molecule has 0 bridgehead atoms. The summed E-state index contributed by atoms with van der Waals surface area (Å²) < 4.78 is 5.64. The van der Waals surface area contributed by atoms with Crippen molar-refractivity contribution in [2.45, 2.75) is 38.8 Å². The molecule has 19 heavy (non-hydrogen) atoms. The van der Waals surface area contributed by atoms with Crippen molar-refractivity contribution >= 4 is 5.91 Å². The van der Waals surface area contributed by atoms with Gasteiger partial charge >= 0.3 is 0 Å². The smallest absolute Gasteiger partial charge is 0.260 e. The molecular weight excluding hydrogens is 240 g/mol. The fraction of sp³-hybridized carbons (Fsp3) is 0.533. The lowest BCUT2D eigenvalue weighted by atomic mass is 10.1. The minimum Gasteiger partial charge on any atom is -0.481 e. The van der Waals surface area contributed by atoms with Crippen LogP contribution in [0.1, 0.15) is 25.3 Å². The first kappa shape index (κ1) is 13.9. The maximum Gasteiger partial charge on any atom is 0.260 e. The zero-order valence-electron chi connectivity index (χ0n) is 11.6. The number of amides is 1. The van der Waals surface area contributed by atoms with Gasteiger partial charge in [-0.1, -0.05) is 17.7 Å². The van der Waals surface area contributed by atoms with E-state index in [1.54, 1.807) is 6.92 Å². The van der Waals surface area contributed by atoms with Gasteiger partial charge in [0.15, 0.2) is 6.10 Å². The Bertz CT molecular complexity index is 411. The first-order chi connectivity index (χ1) is 9.15. The first-order valence-electron chi connectivity index (χ1n) is 6.89. The van der Waals surface area contributed by atoms with Gasteiger partial charge in [0.05, 0.1) is 0 Å². The van der Waals surface area contributed by atoms with Crippen LogP contribution in [0.25, 0.3) is 0 Å². The highest BCUT2D eigenvalue weighted by Gasteiger charge is 2.20. The third kappa shape index (κ3) is 4.24. The van der Waals surface area contributed by atoms with E-state index in [9.17, 15) is 4.79 Å². The van der Waals surface area contributed by atoms with Crippen molar-refractivity contribution in [3.8, 4) is 5.75 Å². The number of carbonyl (C=O) groups excluding carboxylic acids is 1. The topological polar surface area (TPSA) is 50.4 Å². The molecule has 1 aliphatic rings. The molecule has 0 aromatic heterocycles. The molecule has 1 amide bonds. The molecule has 1 fully saturated rings. The van der Waals surface area contributed by atoms with Crippen LogP contribution in [0, 0.1) is 6.92 Å². The van der Waals surface area contributed by atoms with Crippen LogP contribution < -0.4 is 15.4 Å². The van der Waals surface area contributed by atoms with E-state index in [2.05, 4.69) is 10.6 Å². The Kier molecular flexibility index (Phi) is 4.80. The van der Waals surface area contributed by atoms with E-state index in [0.717, 1.165) is 31.7 Å². The monoisotopic (exact) mass is 262 g/mol. The van der Waals surface area contributed by atoms with Gasteiger partial charge in [0.2, 0.25) is 0 Å². The van der Waals surface area contributed by atoms with E-state index in [-0.39, 0.29) is 11.9 Å². The molecule has 4 nitrogen and oxygen atoms in total. The van der Waals surface area contributed by atoms with E-state index >= 15 is 0 Å². The van der Waals surface area contributed by atoms with Crippen LogP contribution in [0.4, 0.5) is 0 Å². The van der Waals surface area contributed by atoms with Crippen molar-refractivity contribution in [1.29, 1.82) is 0 Å². The highest BCUT2D eigenvalue weighted by molar-refractivity contribution is 5.81. The van der Waals surface area contributed by atoms with E-state index in [0.29, 0.717) is 0 Å². The maximum absolute atomic E-state index is 12.0. The lowest BCUT2D eigenvalue weighted by Crippen LogP contribution is -2.46. The Hall–Kier alpha value is -1.55. The predicted octanol–water partition coefficient (Wildman–Crippen LogP) is 1.63. The molecule has 4 heteroatoms. The molecule has 1 aromatic carbocycles. The van der Waals surface area contributed by atoms with Crippen LogP contribution in [0.5, 0.6) is 5.75 Å². The quantitative estimate of drug-likeness (QED) is 0.867. The van der Waals surface area contributed by atoms with Crippen molar-refractivity contribution in [3.05, 3.63) is 29.8 Å². The third-order valence-electron chi connectivity index (χ3n) is 3.39. The number of piperidine rings is 1. The summed E-state index contributed by atoms with van der Waals surface area (Å²) >= 11 is 0. The zero-order valence-corrected chi connectivity index (χ0v) is 11.6. The standard InChI is InChI=1S/C15H22N2O2/c1-11-3-5-14(6-4-11)19-12(2)15(18)17-13-7-9-16-10-8-13/h3-6,12-13,16H,7-10H2,1-2H3,(H,17,18). The second-order valence-electron chi connectivity index (χ2n) is 5.11. The average Bonchev–Trinajstić information content (AvgIpc) is 2.42. The Morgan fingerprint density at radius 2 is 1.95 bits per heavy atom. The minimum absolute atomic E-state index is 0.0347. The predicted molar refractivity (Wildman–Crippen MR) is 75.3 cm³/mol. The van der Waals surface area contributed by atoms with Crippen LogP contribution >= 0.6 is 0 Å². The molecule has 0 spiro atoms. The average molecular weight is 262 g/mol. The number of carbonyl (C=O) groups is 1. The van der Waals surface area contributed by atoms with Crippen LogP contribution in [-0.4, -0.2) is 31.1 Å². The summed E-state index contributed by atoms with van der Waals surface area (Å²) in [6.07, 6.45) is 1.52. The van der Waals surface area contributed by atoms with E-state index in [4.69, 9.17) is 4.74 Å². The highest BCUT2D eigenvalue weighted by atomic mass is 16.5. The molecule has 0 saturated carbocycles. The number of rotatable bonds is 4. The van der Waals surface area contributed by atoms with E-state index < -0.39 is 6.10 Å². The number of ether oxygens (including phenoxy) is 1. The van der Waals surface area contributed by atoms with Crippen LogP contribution in [0.15, 0.2) is 24.3 Å². The molecule has 1 atom stereocenters. The number of hydrogen-bond acceptors (Lipinski definition) is 3. The molecular formula is C15H22N2O2. The summed E-state index contributed by atoms with van der Waals surface area (Å²) in [7, 11) is 0. The van der Waals surface area contributed by atoms with Crippen LogP contribution in [0.3, 0.4) is 0 Å². The third-order valence-corrected chi connectivity index (χ3v) is 3.39. The molecule has 1 unspecified atom stereocenters. The second kappa shape index (κ2) is 6.57. The fourth-order valence-electron chi connectivity index (χ4n) is 2.16. The molecule has 2 N–H and O–H groups in total. The van der Waals surface area contributed by atoms with Gasteiger partial charge in [0.1, 0.15) is 5.75 Å². The van der Waals surface area contributed by atoms with Gasteiger partial charge in [-0.05, 0) is 51.9 Å². The summed E-state index contributed by atoms with van der Waals surface area (Å²) in [5, 5.41) is 6.33. The second-order valence-corrected chi connectivity index (χ2v) is 5.11. The van der Waals surface area contributed by atoms with Gasteiger partial charge in [-0.25, -0.2) is 0 Å². The zero-order chi connectivity index (χ0) is 13.7. The fourth-order valence-corrected chi connectivity index (χ4v) is 2.16. The van der Waals surface area contributed by atoms with Gasteiger partial charge in [-0.2, -0.15) is 0 Å². The number of aryl methyl sites for hydroxylation is 1. The molecule has 1 aliphatic heterocycles. The summed E-state index contributed by atoms with van der Waals surface area (Å²) in [6.45, 7) is 5.75. The molecule has 0 radical (unpaired) electrons. The van der Waals surface area contributed by atoms with Crippen molar-refractivity contribution in [2.24, 2.45) is 0 Å². The highest BCUT2D eigenvalue weighted by Crippen LogP contribution is 2.13. The number of benzene rings is 1. The number of nitrogens with one attached hydrogen (secondary N) is 2. The lowest BCUT2D eigenvalue weighted by Gasteiger charge is -2.25. The van der Waals surface area contributed by atoms with Gasteiger partial charge in [-0.15, -0.1) is 0 Å².